The predicted molar refractivity (Wildman–Crippen MR) is 55.8 cm³/mol. The van der Waals surface area contributed by atoms with Gasteiger partial charge in [-0.1, -0.05) is 18.2 Å². The summed E-state index contributed by atoms with van der Waals surface area (Å²) in [6, 6.07) is 8.86. The molecule has 1 aromatic rings. The average Bonchev–Trinajstić information content (AvgIpc) is 2.57. The van der Waals surface area contributed by atoms with E-state index in [9.17, 15) is 0 Å². The van der Waals surface area contributed by atoms with Crippen LogP contribution in [0.15, 0.2) is 29.2 Å². The molecule has 1 aliphatic heterocycles. The third-order valence-corrected chi connectivity index (χ3v) is 5.08. The maximum atomic E-state index is 2.31. The lowest BCUT2D eigenvalue weighted by Gasteiger charge is -2.02. The molecular weight excluding hydrogens is 164 g/mol. The van der Waals surface area contributed by atoms with Gasteiger partial charge in [0.15, 0.2) is 4.90 Å². The number of benzene rings is 1. The molecule has 0 aliphatic carbocycles. The van der Waals surface area contributed by atoms with E-state index in [2.05, 4.69) is 31.2 Å². The van der Waals surface area contributed by atoms with Crippen molar-refractivity contribution in [2.75, 3.05) is 11.5 Å². The number of hydrogen-bond acceptors (Lipinski definition) is 0. The van der Waals surface area contributed by atoms with E-state index < -0.39 is 0 Å². The minimum Gasteiger partial charge on any atom is -0.0616 e. The Balaban J connectivity index is 2.26. The second-order valence-corrected chi connectivity index (χ2v) is 5.62. The first kappa shape index (κ1) is 8.18. The van der Waals surface area contributed by atoms with Gasteiger partial charge >= 0.3 is 0 Å². The predicted octanol–water partition coefficient (Wildman–Crippen LogP) is 2.77. The van der Waals surface area contributed by atoms with Crippen LogP contribution in [0.2, 0.25) is 0 Å². The summed E-state index contributed by atoms with van der Waals surface area (Å²) in [6.45, 7) is 2.24. The van der Waals surface area contributed by atoms with E-state index in [0.717, 1.165) is 0 Å². The maximum Gasteiger partial charge on any atom is 0.157 e. The SMILES string of the molecule is Cc1ccccc1[S+]1CCCC1. The summed E-state index contributed by atoms with van der Waals surface area (Å²) < 4.78 is 0. The summed E-state index contributed by atoms with van der Waals surface area (Å²) in [4.78, 5) is 1.62. The number of hydrogen-bond donors (Lipinski definition) is 0. The van der Waals surface area contributed by atoms with Gasteiger partial charge in [-0.3, -0.25) is 0 Å². The van der Waals surface area contributed by atoms with E-state index in [1.165, 1.54) is 29.9 Å². The fourth-order valence-electron chi connectivity index (χ4n) is 1.75. The first-order chi connectivity index (χ1) is 5.88. The van der Waals surface area contributed by atoms with Crippen molar-refractivity contribution in [1.82, 2.24) is 0 Å². The minimum atomic E-state index is 0.598. The van der Waals surface area contributed by atoms with Crippen molar-refractivity contribution in [2.45, 2.75) is 24.7 Å². The highest BCUT2D eigenvalue weighted by Crippen LogP contribution is 2.25. The van der Waals surface area contributed by atoms with Crippen LogP contribution < -0.4 is 0 Å². The molecule has 1 saturated heterocycles. The topological polar surface area (TPSA) is 0 Å². The zero-order valence-corrected chi connectivity index (χ0v) is 8.36. The summed E-state index contributed by atoms with van der Waals surface area (Å²) in [6.07, 6.45) is 2.88. The summed E-state index contributed by atoms with van der Waals surface area (Å²) in [5.41, 5.74) is 1.49. The van der Waals surface area contributed by atoms with Crippen molar-refractivity contribution in [2.24, 2.45) is 0 Å². The molecule has 0 atom stereocenters. The third-order valence-electron chi connectivity index (χ3n) is 2.44. The Labute approximate surface area is 77.3 Å². The van der Waals surface area contributed by atoms with Crippen molar-refractivity contribution >= 4 is 10.9 Å². The standard InChI is InChI=1S/C11H15S/c1-10-6-2-3-7-11(10)12-8-4-5-9-12/h2-3,6-7H,4-5,8-9H2,1H3/q+1. The van der Waals surface area contributed by atoms with E-state index in [1.807, 2.05) is 0 Å². The molecule has 0 nitrogen and oxygen atoms in total. The van der Waals surface area contributed by atoms with Gasteiger partial charge in [0, 0.05) is 16.5 Å². The van der Waals surface area contributed by atoms with Gasteiger partial charge in [0.05, 0.1) is 0 Å². The molecule has 0 bridgehead atoms. The zero-order valence-electron chi connectivity index (χ0n) is 7.55. The van der Waals surface area contributed by atoms with Crippen molar-refractivity contribution in [1.29, 1.82) is 0 Å². The summed E-state index contributed by atoms with van der Waals surface area (Å²) >= 11 is 0. The molecule has 64 valence electrons. The highest BCUT2D eigenvalue weighted by molar-refractivity contribution is 7.97. The van der Waals surface area contributed by atoms with Crippen molar-refractivity contribution in [3.8, 4) is 0 Å². The molecule has 0 amide bonds. The van der Waals surface area contributed by atoms with Gasteiger partial charge < -0.3 is 0 Å². The normalized spacial score (nSPS) is 18.4. The molecule has 0 saturated carbocycles. The number of aryl methyl sites for hydroxylation is 1. The van der Waals surface area contributed by atoms with Crippen LogP contribution in [0.3, 0.4) is 0 Å². The van der Waals surface area contributed by atoms with E-state index in [1.54, 1.807) is 4.90 Å². The van der Waals surface area contributed by atoms with Crippen molar-refractivity contribution in [3.63, 3.8) is 0 Å². The van der Waals surface area contributed by atoms with Crippen molar-refractivity contribution in [3.05, 3.63) is 29.8 Å². The van der Waals surface area contributed by atoms with Gasteiger partial charge in [0.2, 0.25) is 0 Å². The fraction of sp³-hybridized carbons (Fsp3) is 0.455. The van der Waals surface area contributed by atoms with Gasteiger partial charge in [0.25, 0.3) is 0 Å². The molecule has 1 aliphatic rings. The highest BCUT2D eigenvalue weighted by Gasteiger charge is 2.27. The van der Waals surface area contributed by atoms with E-state index in [-0.39, 0.29) is 0 Å². The number of rotatable bonds is 1. The van der Waals surface area contributed by atoms with Crippen LogP contribution in [0.4, 0.5) is 0 Å². The summed E-state index contributed by atoms with van der Waals surface area (Å²) in [5, 5.41) is 0. The van der Waals surface area contributed by atoms with Crippen LogP contribution in [0.5, 0.6) is 0 Å². The molecule has 1 aromatic carbocycles. The van der Waals surface area contributed by atoms with E-state index in [4.69, 9.17) is 0 Å². The van der Waals surface area contributed by atoms with Crippen LogP contribution in [0.1, 0.15) is 18.4 Å². The monoisotopic (exact) mass is 179 g/mol. The smallest absolute Gasteiger partial charge is 0.0616 e. The Hall–Kier alpha value is -0.430. The molecule has 1 fully saturated rings. The van der Waals surface area contributed by atoms with Gasteiger partial charge in [0.1, 0.15) is 11.5 Å². The Kier molecular flexibility index (Phi) is 2.40. The van der Waals surface area contributed by atoms with E-state index >= 15 is 0 Å². The van der Waals surface area contributed by atoms with E-state index in [0.29, 0.717) is 10.9 Å². The summed E-state index contributed by atoms with van der Waals surface area (Å²) in [5.74, 6) is 2.87. The van der Waals surface area contributed by atoms with Crippen molar-refractivity contribution < 1.29 is 0 Å². The van der Waals surface area contributed by atoms with Crippen LogP contribution in [-0.4, -0.2) is 11.5 Å². The molecule has 0 spiro atoms. The molecular formula is C11H15S+. The average molecular weight is 179 g/mol. The molecule has 0 N–H and O–H groups in total. The quantitative estimate of drug-likeness (QED) is 0.582. The maximum absolute atomic E-state index is 2.31. The Morgan fingerprint density at radius 3 is 2.42 bits per heavy atom. The Morgan fingerprint density at radius 2 is 1.75 bits per heavy atom. The fourth-order valence-corrected chi connectivity index (χ4v) is 4.30. The second kappa shape index (κ2) is 3.53. The lowest BCUT2D eigenvalue weighted by atomic mass is 10.2. The first-order valence-electron chi connectivity index (χ1n) is 4.61. The highest BCUT2D eigenvalue weighted by atomic mass is 32.2. The Bertz CT molecular complexity index is 261. The first-order valence-corrected chi connectivity index (χ1v) is 6.17. The largest absolute Gasteiger partial charge is 0.157 e. The molecule has 1 heteroatoms. The second-order valence-electron chi connectivity index (χ2n) is 3.37. The third kappa shape index (κ3) is 1.51. The van der Waals surface area contributed by atoms with Gasteiger partial charge in [-0.15, -0.1) is 0 Å². The van der Waals surface area contributed by atoms with Crippen LogP contribution in [0.25, 0.3) is 0 Å². The van der Waals surface area contributed by atoms with Gasteiger partial charge in [-0.2, -0.15) is 0 Å². The van der Waals surface area contributed by atoms with Crippen LogP contribution in [0, 0.1) is 6.92 Å². The molecule has 1 heterocycles. The molecule has 0 unspecified atom stereocenters. The van der Waals surface area contributed by atoms with Gasteiger partial charge in [-0.05, 0) is 25.8 Å². The lowest BCUT2D eigenvalue weighted by molar-refractivity contribution is 0.949. The zero-order chi connectivity index (χ0) is 8.39. The summed E-state index contributed by atoms with van der Waals surface area (Å²) in [7, 11) is 0.598. The minimum absolute atomic E-state index is 0.598. The lowest BCUT2D eigenvalue weighted by Crippen LogP contribution is -2.05. The molecule has 0 radical (unpaired) electrons. The molecule has 12 heavy (non-hydrogen) atoms. The Morgan fingerprint density at radius 1 is 1.08 bits per heavy atom. The molecule has 2 rings (SSSR count). The molecule has 0 aromatic heterocycles. The van der Waals surface area contributed by atoms with Crippen LogP contribution >= 0.6 is 0 Å². The van der Waals surface area contributed by atoms with Gasteiger partial charge in [-0.25, -0.2) is 0 Å². The van der Waals surface area contributed by atoms with Crippen LogP contribution in [-0.2, 0) is 10.9 Å².